The molecule has 3 aromatic heterocycles. The fourth-order valence-corrected chi connectivity index (χ4v) is 1.88. The number of rotatable bonds is 4. The van der Waals surface area contributed by atoms with Crippen LogP contribution in [0.4, 0.5) is 0 Å². The molecular formula is C14H12ClN5O2. The van der Waals surface area contributed by atoms with Gasteiger partial charge in [0.15, 0.2) is 6.10 Å². The van der Waals surface area contributed by atoms with E-state index in [2.05, 4.69) is 25.3 Å². The first-order valence-electron chi connectivity index (χ1n) is 6.53. The lowest BCUT2D eigenvalue weighted by molar-refractivity contribution is 0.175. The van der Waals surface area contributed by atoms with Crippen LogP contribution in [0.15, 0.2) is 35.1 Å². The van der Waals surface area contributed by atoms with Crippen molar-refractivity contribution in [1.82, 2.24) is 25.3 Å². The Balaban J connectivity index is 1.76. The summed E-state index contributed by atoms with van der Waals surface area (Å²) in [5.74, 6) is 1.27. The van der Waals surface area contributed by atoms with Gasteiger partial charge in [0.2, 0.25) is 5.82 Å². The highest BCUT2D eigenvalue weighted by molar-refractivity contribution is 6.29. The molecule has 3 aromatic rings. The van der Waals surface area contributed by atoms with Crippen molar-refractivity contribution < 1.29 is 9.26 Å². The van der Waals surface area contributed by atoms with Crippen molar-refractivity contribution in [2.24, 2.45) is 0 Å². The molecule has 0 radical (unpaired) electrons. The molecule has 7 nitrogen and oxygen atoms in total. The summed E-state index contributed by atoms with van der Waals surface area (Å²) in [6.45, 7) is 3.71. The Morgan fingerprint density at radius 3 is 2.86 bits per heavy atom. The van der Waals surface area contributed by atoms with E-state index in [4.69, 9.17) is 20.9 Å². The molecule has 0 unspecified atom stereocenters. The van der Waals surface area contributed by atoms with Gasteiger partial charge in [0, 0.05) is 0 Å². The Morgan fingerprint density at radius 2 is 2.14 bits per heavy atom. The highest BCUT2D eigenvalue weighted by atomic mass is 35.5. The minimum atomic E-state index is -0.429. The van der Waals surface area contributed by atoms with Crippen LogP contribution in [0.2, 0.25) is 5.15 Å². The molecular weight excluding hydrogens is 306 g/mol. The van der Waals surface area contributed by atoms with E-state index in [1.807, 2.05) is 13.0 Å². The second-order valence-electron chi connectivity index (χ2n) is 4.65. The normalized spacial score (nSPS) is 12.1. The lowest BCUT2D eigenvalue weighted by Crippen LogP contribution is -2.03. The van der Waals surface area contributed by atoms with Gasteiger partial charge < -0.3 is 9.26 Å². The Bertz CT molecular complexity index is 775. The second-order valence-corrected chi connectivity index (χ2v) is 5.04. The molecule has 0 amide bonds. The molecule has 0 aromatic carbocycles. The van der Waals surface area contributed by atoms with Crippen LogP contribution < -0.4 is 4.74 Å². The van der Waals surface area contributed by atoms with Crippen LogP contribution in [0.3, 0.4) is 0 Å². The van der Waals surface area contributed by atoms with Crippen LogP contribution in [0.25, 0.3) is 11.5 Å². The zero-order valence-electron chi connectivity index (χ0n) is 11.9. The van der Waals surface area contributed by atoms with Gasteiger partial charge in [-0.1, -0.05) is 16.8 Å². The van der Waals surface area contributed by atoms with Gasteiger partial charge in [-0.25, -0.2) is 4.98 Å². The maximum absolute atomic E-state index is 5.73. The van der Waals surface area contributed by atoms with E-state index < -0.39 is 6.10 Å². The molecule has 0 spiro atoms. The van der Waals surface area contributed by atoms with Crippen molar-refractivity contribution in [1.29, 1.82) is 0 Å². The molecule has 0 bridgehead atoms. The maximum Gasteiger partial charge on any atom is 0.267 e. The third kappa shape index (κ3) is 3.20. The maximum atomic E-state index is 5.73. The molecule has 112 valence electrons. The van der Waals surface area contributed by atoms with Gasteiger partial charge in [-0.3, -0.25) is 0 Å². The predicted molar refractivity (Wildman–Crippen MR) is 78.4 cm³/mol. The van der Waals surface area contributed by atoms with Gasteiger partial charge in [-0.15, -0.1) is 5.10 Å². The van der Waals surface area contributed by atoms with E-state index in [1.165, 1.54) is 6.20 Å². The number of halogens is 1. The second kappa shape index (κ2) is 6.07. The van der Waals surface area contributed by atoms with Crippen LogP contribution in [0.5, 0.6) is 5.75 Å². The molecule has 0 fully saturated rings. The van der Waals surface area contributed by atoms with Gasteiger partial charge in [-0.05, 0) is 37.6 Å². The van der Waals surface area contributed by atoms with Gasteiger partial charge in [0.05, 0.1) is 12.4 Å². The zero-order chi connectivity index (χ0) is 15.5. The van der Waals surface area contributed by atoms with E-state index in [0.29, 0.717) is 28.3 Å². The summed E-state index contributed by atoms with van der Waals surface area (Å²) in [6.07, 6.45) is 2.76. The van der Waals surface area contributed by atoms with Crippen molar-refractivity contribution in [3.05, 3.63) is 47.2 Å². The monoisotopic (exact) mass is 317 g/mol. The van der Waals surface area contributed by atoms with Crippen molar-refractivity contribution in [2.45, 2.75) is 20.0 Å². The Hall–Kier alpha value is -2.54. The summed E-state index contributed by atoms with van der Waals surface area (Å²) < 4.78 is 10.9. The smallest absolute Gasteiger partial charge is 0.267 e. The molecule has 0 aliphatic heterocycles. The SMILES string of the molecule is Cc1cnnc(-c2noc([C@H](C)Oc3ccc(Cl)nc3)n2)c1. The third-order valence-corrected chi connectivity index (χ3v) is 3.05. The van der Waals surface area contributed by atoms with Gasteiger partial charge in [0.25, 0.3) is 5.89 Å². The summed E-state index contributed by atoms with van der Waals surface area (Å²) in [4.78, 5) is 8.23. The van der Waals surface area contributed by atoms with Crippen molar-refractivity contribution in [3.63, 3.8) is 0 Å². The first-order chi connectivity index (χ1) is 10.6. The van der Waals surface area contributed by atoms with Crippen molar-refractivity contribution in [2.75, 3.05) is 0 Å². The molecule has 0 saturated heterocycles. The average Bonchev–Trinajstić information content (AvgIpc) is 3.00. The van der Waals surface area contributed by atoms with Crippen molar-refractivity contribution >= 4 is 11.6 Å². The minimum absolute atomic E-state index is 0.341. The van der Waals surface area contributed by atoms with Gasteiger partial charge in [0.1, 0.15) is 16.6 Å². The highest BCUT2D eigenvalue weighted by Gasteiger charge is 2.18. The largest absolute Gasteiger partial charge is 0.479 e. The Morgan fingerprint density at radius 1 is 1.27 bits per heavy atom. The van der Waals surface area contributed by atoms with Gasteiger partial charge in [-0.2, -0.15) is 10.1 Å². The predicted octanol–water partition coefficient (Wildman–Crippen LogP) is 3.02. The van der Waals surface area contributed by atoms with E-state index in [0.717, 1.165) is 5.56 Å². The van der Waals surface area contributed by atoms with Crippen LogP contribution in [-0.2, 0) is 0 Å². The first kappa shape index (κ1) is 14.4. The fraction of sp³-hybridized carbons (Fsp3) is 0.214. The lowest BCUT2D eigenvalue weighted by atomic mass is 10.3. The fourth-order valence-electron chi connectivity index (χ4n) is 1.76. The summed E-state index contributed by atoms with van der Waals surface area (Å²) in [5.41, 5.74) is 1.52. The molecule has 22 heavy (non-hydrogen) atoms. The van der Waals surface area contributed by atoms with Gasteiger partial charge >= 0.3 is 0 Å². The molecule has 3 heterocycles. The van der Waals surface area contributed by atoms with Crippen LogP contribution in [-0.4, -0.2) is 25.3 Å². The van der Waals surface area contributed by atoms with E-state index in [9.17, 15) is 0 Å². The summed E-state index contributed by atoms with van der Waals surface area (Å²) in [7, 11) is 0. The highest BCUT2D eigenvalue weighted by Crippen LogP contribution is 2.22. The standard InChI is InChI=1S/C14H12ClN5O2/c1-8-5-11(19-17-6-8)13-18-14(22-20-13)9(2)21-10-3-4-12(15)16-7-10/h3-7,9H,1-2H3/t9-/m0/s1. The molecule has 1 atom stereocenters. The molecule has 0 aliphatic rings. The number of hydrogen-bond donors (Lipinski definition) is 0. The molecule has 0 saturated carbocycles. The Kier molecular flexibility index (Phi) is 3.97. The number of pyridine rings is 1. The summed E-state index contributed by atoms with van der Waals surface area (Å²) in [5, 5.41) is 12.1. The first-order valence-corrected chi connectivity index (χ1v) is 6.91. The minimum Gasteiger partial charge on any atom is -0.479 e. The number of aromatic nitrogens is 5. The van der Waals surface area contributed by atoms with Crippen LogP contribution >= 0.6 is 11.6 Å². The summed E-state index contributed by atoms with van der Waals surface area (Å²) >= 11 is 5.73. The molecule has 3 rings (SSSR count). The molecule has 0 aliphatic carbocycles. The van der Waals surface area contributed by atoms with E-state index in [1.54, 1.807) is 25.3 Å². The van der Waals surface area contributed by atoms with E-state index >= 15 is 0 Å². The van der Waals surface area contributed by atoms with Crippen LogP contribution in [0.1, 0.15) is 24.5 Å². The number of aryl methyl sites for hydroxylation is 1. The molecule has 0 N–H and O–H groups in total. The Labute approximate surface area is 131 Å². The van der Waals surface area contributed by atoms with Crippen molar-refractivity contribution in [3.8, 4) is 17.3 Å². The quantitative estimate of drug-likeness (QED) is 0.683. The van der Waals surface area contributed by atoms with Crippen LogP contribution in [0, 0.1) is 6.92 Å². The average molecular weight is 318 g/mol. The third-order valence-electron chi connectivity index (χ3n) is 2.82. The lowest BCUT2D eigenvalue weighted by Gasteiger charge is -2.09. The number of hydrogen-bond acceptors (Lipinski definition) is 7. The number of ether oxygens (including phenoxy) is 1. The topological polar surface area (TPSA) is 86.8 Å². The number of nitrogens with zero attached hydrogens (tertiary/aromatic N) is 5. The van der Waals surface area contributed by atoms with E-state index in [-0.39, 0.29) is 0 Å². The summed E-state index contributed by atoms with van der Waals surface area (Å²) in [6, 6.07) is 5.19. The zero-order valence-corrected chi connectivity index (χ0v) is 12.7. The molecule has 8 heteroatoms.